The molecule has 1 heterocycles. The van der Waals surface area contributed by atoms with E-state index in [1.54, 1.807) is 16.7 Å². The van der Waals surface area contributed by atoms with E-state index in [1.165, 1.54) is 12.1 Å². The van der Waals surface area contributed by atoms with Gasteiger partial charge in [0.15, 0.2) is 0 Å². The average molecular weight is 303 g/mol. The zero-order valence-corrected chi connectivity index (χ0v) is 12.1. The third-order valence-corrected chi connectivity index (χ3v) is 4.45. The molecule has 2 nitrogen and oxygen atoms in total. The number of carbonyl (C=O) groups excluding carboxylic acids is 1. The van der Waals surface area contributed by atoms with Crippen LogP contribution in [0.15, 0.2) is 18.2 Å². The van der Waals surface area contributed by atoms with Crippen LogP contribution in [0.4, 0.5) is 18.9 Å². The van der Waals surface area contributed by atoms with Crippen molar-refractivity contribution in [3.63, 3.8) is 0 Å². The van der Waals surface area contributed by atoms with Gasteiger partial charge < -0.3 is 4.90 Å². The van der Waals surface area contributed by atoms with Crippen LogP contribution in [0.25, 0.3) is 0 Å². The lowest BCUT2D eigenvalue weighted by atomic mass is 10.1. The number of halogens is 3. The Balaban J connectivity index is 2.42. The number of aldehydes is 1. The first-order valence-electron chi connectivity index (χ1n) is 6.38. The van der Waals surface area contributed by atoms with E-state index in [-0.39, 0.29) is 21.8 Å². The summed E-state index contributed by atoms with van der Waals surface area (Å²) in [4.78, 5) is 12.5. The molecule has 1 aliphatic rings. The van der Waals surface area contributed by atoms with Crippen molar-refractivity contribution in [1.82, 2.24) is 0 Å². The van der Waals surface area contributed by atoms with Gasteiger partial charge in [-0.3, -0.25) is 4.79 Å². The largest absolute Gasteiger partial charge is 0.418 e. The Morgan fingerprint density at radius 1 is 1.25 bits per heavy atom. The molecule has 0 spiro atoms. The molecule has 0 bridgehead atoms. The van der Waals surface area contributed by atoms with Crippen LogP contribution in [0.3, 0.4) is 0 Å². The van der Waals surface area contributed by atoms with E-state index in [2.05, 4.69) is 0 Å². The summed E-state index contributed by atoms with van der Waals surface area (Å²) in [5, 5.41) is 0.566. The summed E-state index contributed by atoms with van der Waals surface area (Å²) < 4.78 is 39.5. The van der Waals surface area contributed by atoms with E-state index < -0.39 is 11.7 Å². The third-order valence-electron chi connectivity index (χ3n) is 3.22. The number of alkyl halides is 3. The van der Waals surface area contributed by atoms with Crippen molar-refractivity contribution in [2.75, 3.05) is 18.0 Å². The Bertz CT molecular complexity index is 494. The minimum atomic E-state index is -4.45. The van der Waals surface area contributed by atoms with E-state index in [9.17, 15) is 18.0 Å². The van der Waals surface area contributed by atoms with Gasteiger partial charge in [0.2, 0.25) is 0 Å². The number of benzene rings is 1. The minimum Gasteiger partial charge on any atom is -0.369 e. The second-order valence-corrected chi connectivity index (χ2v) is 6.94. The van der Waals surface area contributed by atoms with Crippen LogP contribution in [-0.4, -0.2) is 29.9 Å². The lowest BCUT2D eigenvalue weighted by Crippen LogP contribution is -2.41. The van der Waals surface area contributed by atoms with Gasteiger partial charge in [-0.2, -0.15) is 24.9 Å². The number of nitrogens with zero attached hydrogens (tertiary/aromatic N) is 1. The molecule has 0 N–H and O–H groups in total. The normalized spacial score (nSPS) is 23.8. The quantitative estimate of drug-likeness (QED) is 0.774. The molecule has 0 aliphatic carbocycles. The number of hydrogen-bond acceptors (Lipinski definition) is 3. The highest BCUT2D eigenvalue weighted by Gasteiger charge is 2.36. The maximum Gasteiger partial charge on any atom is 0.418 e. The summed E-state index contributed by atoms with van der Waals surface area (Å²) in [6, 6.07) is 3.77. The molecule has 1 aromatic rings. The van der Waals surface area contributed by atoms with Crippen LogP contribution in [0.5, 0.6) is 0 Å². The Kier molecular flexibility index (Phi) is 4.32. The molecule has 1 aliphatic heterocycles. The average Bonchev–Trinajstić information content (AvgIpc) is 2.35. The monoisotopic (exact) mass is 303 g/mol. The van der Waals surface area contributed by atoms with Gasteiger partial charge in [-0.1, -0.05) is 13.8 Å². The molecule has 0 amide bonds. The van der Waals surface area contributed by atoms with Gasteiger partial charge in [0.1, 0.15) is 6.29 Å². The molecule has 0 aromatic heterocycles. The fourth-order valence-electron chi connectivity index (χ4n) is 2.50. The predicted molar refractivity (Wildman–Crippen MR) is 75.6 cm³/mol. The summed E-state index contributed by atoms with van der Waals surface area (Å²) >= 11 is 1.78. The molecule has 1 saturated heterocycles. The Morgan fingerprint density at radius 2 is 1.85 bits per heavy atom. The standard InChI is InChI=1S/C14H16F3NOS/c1-9-6-18(7-10(2)20-9)13-4-3-11(8-19)5-12(13)14(15,16)17/h3-5,8-10H,6-7H2,1-2H3. The van der Waals surface area contributed by atoms with Crippen molar-refractivity contribution >= 4 is 23.7 Å². The van der Waals surface area contributed by atoms with Crippen molar-refractivity contribution in [2.24, 2.45) is 0 Å². The van der Waals surface area contributed by atoms with Gasteiger partial charge in [-0.25, -0.2) is 0 Å². The highest BCUT2D eigenvalue weighted by Crippen LogP contribution is 2.39. The van der Waals surface area contributed by atoms with Crippen molar-refractivity contribution in [3.8, 4) is 0 Å². The molecular formula is C14H16F3NOS. The first kappa shape index (κ1) is 15.2. The second kappa shape index (κ2) is 5.68. The first-order valence-corrected chi connectivity index (χ1v) is 7.32. The molecule has 2 unspecified atom stereocenters. The van der Waals surface area contributed by atoms with E-state index in [1.807, 2.05) is 13.8 Å². The fourth-order valence-corrected chi connectivity index (χ4v) is 3.83. The summed E-state index contributed by atoms with van der Waals surface area (Å²) in [5.41, 5.74) is -0.510. The van der Waals surface area contributed by atoms with Crippen molar-refractivity contribution in [1.29, 1.82) is 0 Å². The number of anilines is 1. The third kappa shape index (κ3) is 3.29. The summed E-state index contributed by atoms with van der Waals surface area (Å²) in [5.74, 6) is 0. The maximum atomic E-state index is 13.2. The van der Waals surface area contributed by atoms with Gasteiger partial charge in [-0.05, 0) is 18.2 Å². The van der Waals surface area contributed by atoms with Crippen LogP contribution in [0, 0.1) is 0 Å². The van der Waals surface area contributed by atoms with Crippen LogP contribution in [0.2, 0.25) is 0 Å². The Labute approximate surface area is 120 Å². The van der Waals surface area contributed by atoms with Crippen LogP contribution < -0.4 is 4.90 Å². The highest BCUT2D eigenvalue weighted by molar-refractivity contribution is 8.00. The number of rotatable bonds is 2. The van der Waals surface area contributed by atoms with E-state index in [0.29, 0.717) is 19.4 Å². The molecule has 2 atom stereocenters. The van der Waals surface area contributed by atoms with Crippen LogP contribution in [0.1, 0.15) is 29.8 Å². The smallest absolute Gasteiger partial charge is 0.369 e. The van der Waals surface area contributed by atoms with Crippen molar-refractivity contribution in [2.45, 2.75) is 30.5 Å². The number of carbonyl (C=O) groups is 1. The van der Waals surface area contributed by atoms with Gasteiger partial charge in [0.05, 0.1) is 5.56 Å². The summed E-state index contributed by atoms with van der Waals surface area (Å²) in [7, 11) is 0. The lowest BCUT2D eigenvalue weighted by molar-refractivity contribution is -0.137. The fraction of sp³-hybridized carbons (Fsp3) is 0.500. The first-order chi connectivity index (χ1) is 9.31. The Morgan fingerprint density at radius 3 is 2.35 bits per heavy atom. The van der Waals surface area contributed by atoms with Gasteiger partial charge in [0, 0.05) is 34.8 Å². The van der Waals surface area contributed by atoms with Gasteiger partial charge in [-0.15, -0.1) is 0 Å². The molecular weight excluding hydrogens is 287 g/mol. The van der Waals surface area contributed by atoms with Gasteiger partial charge >= 0.3 is 6.18 Å². The SMILES string of the molecule is CC1CN(c2ccc(C=O)cc2C(F)(F)F)CC(C)S1. The predicted octanol–water partition coefficient (Wildman–Crippen LogP) is 3.85. The van der Waals surface area contributed by atoms with E-state index >= 15 is 0 Å². The zero-order valence-electron chi connectivity index (χ0n) is 11.3. The van der Waals surface area contributed by atoms with E-state index in [0.717, 1.165) is 6.07 Å². The highest BCUT2D eigenvalue weighted by atomic mass is 32.2. The molecule has 6 heteroatoms. The molecule has 110 valence electrons. The molecule has 20 heavy (non-hydrogen) atoms. The van der Waals surface area contributed by atoms with Crippen molar-refractivity contribution in [3.05, 3.63) is 29.3 Å². The maximum absolute atomic E-state index is 13.2. The van der Waals surface area contributed by atoms with Crippen LogP contribution >= 0.6 is 11.8 Å². The van der Waals surface area contributed by atoms with Gasteiger partial charge in [0.25, 0.3) is 0 Å². The van der Waals surface area contributed by atoms with Crippen molar-refractivity contribution < 1.29 is 18.0 Å². The Hall–Kier alpha value is -1.17. The van der Waals surface area contributed by atoms with Crippen LogP contribution in [-0.2, 0) is 6.18 Å². The van der Waals surface area contributed by atoms with E-state index in [4.69, 9.17) is 0 Å². The molecule has 1 aromatic carbocycles. The summed E-state index contributed by atoms with van der Waals surface area (Å²) in [6.45, 7) is 5.19. The second-order valence-electron chi connectivity index (χ2n) is 5.05. The molecule has 0 saturated carbocycles. The topological polar surface area (TPSA) is 20.3 Å². The zero-order chi connectivity index (χ0) is 14.9. The minimum absolute atomic E-state index is 0.0496. The molecule has 0 radical (unpaired) electrons. The molecule has 1 fully saturated rings. The lowest BCUT2D eigenvalue weighted by Gasteiger charge is -2.37. The molecule has 2 rings (SSSR count). The number of hydrogen-bond donors (Lipinski definition) is 0. The number of thioether (sulfide) groups is 1. The summed E-state index contributed by atoms with van der Waals surface area (Å²) in [6.07, 6.45) is -4.01.